The lowest BCUT2D eigenvalue weighted by Crippen LogP contribution is -2.50. The molecule has 0 rings (SSSR count). The van der Waals surface area contributed by atoms with E-state index in [1.165, 1.54) is 6.42 Å². The predicted molar refractivity (Wildman–Crippen MR) is 75.4 cm³/mol. The Morgan fingerprint density at radius 2 is 1.76 bits per heavy atom. The van der Waals surface area contributed by atoms with Crippen LogP contribution in [0.3, 0.4) is 0 Å². The van der Waals surface area contributed by atoms with Gasteiger partial charge in [0, 0.05) is 18.6 Å². The fourth-order valence-corrected chi connectivity index (χ4v) is 1.77. The van der Waals surface area contributed by atoms with Crippen molar-refractivity contribution in [3.8, 4) is 0 Å². The lowest BCUT2D eigenvalue weighted by atomic mass is 9.85. The maximum Gasteiger partial charge on any atom is 0.0609 e. The number of rotatable bonds is 9. The molecule has 3 nitrogen and oxygen atoms in total. The molecule has 0 aromatic carbocycles. The fourth-order valence-electron chi connectivity index (χ4n) is 1.77. The van der Waals surface area contributed by atoms with Crippen LogP contribution in [0.2, 0.25) is 0 Å². The van der Waals surface area contributed by atoms with Crippen LogP contribution in [0.4, 0.5) is 0 Å². The van der Waals surface area contributed by atoms with Crippen molar-refractivity contribution < 1.29 is 5.11 Å². The Morgan fingerprint density at radius 1 is 1.18 bits per heavy atom. The van der Waals surface area contributed by atoms with Crippen molar-refractivity contribution in [2.75, 3.05) is 33.3 Å². The molecule has 3 heteroatoms. The summed E-state index contributed by atoms with van der Waals surface area (Å²) in [4.78, 5) is 2.27. The maximum absolute atomic E-state index is 9.39. The predicted octanol–water partition coefficient (Wildman–Crippen LogP) is 2.11. The molecule has 0 spiro atoms. The Labute approximate surface area is 108 Å². The topological polar surface area (TPSA) is 35.5 Å². The van der Waals surface area contributed by atoms with Crippen LogP contribution in [0.5, 0.6) is 0 Å². The second-order valence-corrected chi connectivity index (χ2v) is 6.17. The molecule has 0 heterocycles. The van der Waals surface area contributed by atoms with E-state index in [4.69, 9.17) is 0 Å². The third-order valence-electron chi connectivity index (χ3n) is 3.87. The highest BCUT2D eigenvalue weighted by Gasteiger charge is 2.30. The zero-order chi connectivity index (χ0) is 13.5. The molecule has 2 N–H and O–H groups in total. The second kappa shape index (κ2) is 7.34. The average Bonchev–Trinajstić information content (AvgIpc) is 2.29. The SMILES string of the molecule is CCCNCC(C)(CC)CN(C)C(C)(C)CO. The number of nitrogens with zero attached hydrogens (tertiary/aromatic N) is 1. The zero-order valence-electron chi connectivity index (χ0n) is 12.6. The van der Waals surface area contributed by atoms with E-state index in [1.807, 2.05) is 0 Å². The van der Waals surface area contributed by atoms with E-state index in [9.17, 15) is 5.11 Å². The molecule has 0 saturated carbocycles. The van der Waals surface area contributed by atoms with Gasteiger partial charge in [-0.15, -0.1) is 0 Å². The summed E-state index contributed by atoms with van der Waals surface area (Å²) in [7, 11) is 2.10. The highest BCUT2D eigenvalue weighted by atomic mass is 16.3. The molecule has 0 fully saturated rings. The summed E-state index contributed by atoms with van der Waals surface area (Å²) in [5.74, 6) is 0. The van der Waals surface area contributed by atoms with E-state index in [0.717, 1.165) is 26.1 Å². The lowest BCUT2D eigenvalue weighted by molar-refractivity contribution is 0.0439. The Balaban J connectivity index is 4.36. The van der Waals surface area contributed by atoms with Crippen molar-refractivity contribution in [1.29, 1.82) is 0 Å². The van der Waals surface area contributed by atoms with Crippen LogP contribution < -0.4 is 5.32 Å². The quantitative estimate of drug-likeness (QED) is 0.610. The molecule has 0 aliphatic carbocycles. The molecule has 0 aromatic rings. The molecule has 0 amide bonds. The van der Waals surface area contributed by atoms with Crippen molar-refractivity contribution in [1.82, 2.24) is 10.2 Å². The molecular formula is C14H32N2O. The van der Waals surface area contributed by atoms with Crippen LogP contribution in [0.15, 0.2) is 0 Å². The molecule has 0 aliphatic heterocycles. The minimum absolute atomic E-state index is 0.138. The van der Waals surface area contributed by atoms with E-state index in [-0.39, 0.29) is 17.6 Å². The third-order valence-corrected chi connectivity index (χ3v) is 3.87. The lowest BCUT2D eigenvalue weighted by Gasteiger charge is -2.41. The summed E-state index contributed by atoms with van der Waals surface area (Å²) in [6.07, 6.45) is 2.33. The fraction of sp³-hybridized carbons (Fsp3) is 1.00. The normalized spacial score (nSPS) is 16.2. The average molecular weight is 244 g/mol. The first-order valence-corrected chi connectivity index (χ1v) is 6.84. The second-order valence-electron chi connectivity index (χ2n) is 6.17. The van der Waals surface area contributed by atoms with Crippen molar-refractivity contribution in [2.24, 2.45) is 5.41 Å². The highest BCUT2D eigenvalue weighted by Crippen LogP contribution is 2.24. The van der Waals surface area contributed by atoms with Crippen LogP contribution >= 0.6 is 0 Å². The van der Waals surface area contributed by atoms with Crippen molar-refractivity contribution >= 4 is 0 Å². The molecule has 0 aromatic heterocycles. The van der Waals surface area contributed by atoms with Gasteiger partial charge in [-0.1, -0.05) is 20.8 Å². The van der Waals surface area contributed by atoms with Gasteiger partial charge in [0.15, 0.2) is 0 Å². The van der Waals surface area contributed by atoms with Gasteiger partial charge in [-0.25, -0.2) is 0 Å². The Morgan fingerprint density at radius 3 is 2.18 bits per heavy atom. The Kier molecular flexibility index (Phi) is 7.29. The summed E-state index contributed by atoms with van der Waals surface area (Å²) in [5.41, 5.74) is 0.136. The maximum atomic E-state index is 9.39. The van der Waals surface area contributed by atoms with Gasteiger partial charge in [0.25, 0.3) is 0 Å². The van der Waals surface area contributed by atoms with Crippen LogP contribution in [0.1, 0.15) is 47.5 Å². The van der Waals surface area contributed by atoms with Gasteiger partial charge in [-0.05, 0) is 45.7 Å². The van der Waals surface area contributed by atoms with E-state index in [2.05, 4.69) is 51.9 Å². The van der Waals surface area contributed by atoms with Gasteiger partial charge in [0.2, 0.25) is 0 Å². The summed E-state index contributed by atoms with van der Waals surface area (Å²) in [6.45, 7) is 14.3. The number of nitrogens with one attached hydrogen (secondary N) is 1. The van der Waals surface area contributed by atoms with Gasteiger partial charge >= 0.3 is 0 Å². The van der Waals surface area contributed by atoms with E-state index < -0.39 is 0 Å². The van der Waals surface area contributed by atoms with Gasteiger partial charge in [0.1, 0.15) is 0 Å². The molecule has 104 valence electrons. The minimum atomic E-state index is -0.138. The molecule has 0 aliphatic rings. The largest absolute Gasteiger partial charge is 0.394 e. The molecule has 1 unspecified atom stereocenters. The summed E-state index contributed by atoms with van der Waals surface area (Å²) in [6, 6.07) is 0. The van der Waals surface area contributed by atoms with Gasteiger partial charge < -0.3 is 10.4 Å². The summed E-state index contributed by atoms with van der Waals surface area (Å²) >= 11 is 0. The van der Waals surface area contributed by atoms with Crippen LogP contribution in [-0.4, -0.2) is 48.8 Å². The summed E-state index contributed by atoms with van der Waals surface area (Å²) in [5, 5.41) is 12.9. The van der Waals surface area contributed by atoms with Crippen molar-refractivity contribution in [3.63, 3.8) is 0 Å². The molecule has 0 bridgehead atoms. The van der Waals surface area contributed by atoms with Crippen molar-refractivity contribution in [2.45, 2.75) is 53.0 Å². The van der Waals surface area contributed by atoms with Gasteiger partial charge in [-0.3, -0.25) is 4.90 Å². The number of hydrogen-bond acceptors (Lipinski definition) is 3. The molecular weight excluding hydrogens is 212 g/mol. The minimum Gasteiger partial charge on any atom is -0.394 e. The van der Waals surface area contributed by atoms with E-state index >= 15 is 0 Å². The molecule has 0 radical (unpaired) electrons. The first-order chi connectivity index (χ1) is 7.81. The standard InChI is InChI=1S/C14H32N2O/c1-7-9-15-10-14(5,8-2)11-16(6)13(3,4)12-17/h15,17H,7-12H2,1-6H3. The number of aliphatic hydroxyl groups is 1. The number of hydrogen-bond donors (Lipinski definition) is 2. The first kappa shape index (κ1) is 16.9. The van der Waals surface area contributed by atoms with E-state index in [0.29, 0.717) is 0 Å². The van der Waals surface area contributed by atoms with Crippen LogP contribution in [-0.2, 0) is 0 Å². The molecule has 0 saturated heterocycles. The third kappa shape index (κ3) is 5.84. The highest BCUT2D eigenvalue weighted by molar-refractivity contribution is 4.85. The Hall–Kier alpha value is -0.120. The molecule has 17 heavy (non-hydrogen) atoms. The smallest absolute Gasteiger partial charge is 0.0609 e. The number of aliphatic hydroxyl groups excluding tert-OH is 1. The van der Waals surface area contributed by atoms with E-state index in [1.54, 1.807) is 0 Å². The van der Waals surface area contributed by atoms with Gasteiger partial charge in [-0.2, -0.15) is 0 Å². The monoisotopic (exact) mass is 244 g/mol. The van der Waals surface area contributed by atoms with Crippen LogP contribution in [0.25, 0.3) is 0 Å². The van der Waals surface area contributed by atoms with Crippen molar-refractivity contribution in [3.05, 3.63) is 0 Å². The molecule has 1 atom stereocenters. The first-order valence-electron chi connectivity index (χ1n) is 6.84. The van der Waals surface area contributed by atoms with Crippen LogP contribution in [0, 0.1) is 5.41 Å². The van der Waals surface area contributed by atoms with Gasteiger partial charge in [0.05, 0.1) is 6.61 Å². The summed E-state index contributed by atoms with van der Waals surface area (Å²) < 4.78 is 0. The number of likely N-dealkylation sites (N-methyl/N-ethyl adjacent to an activating group) is 1. The Bertz CT molecular complexity index is 206. The zero-order valence-corrected chi connectivity index (χ0v) is 12.6.